The van der Waals surface area contributed by atoms with Gasteiger partial charge in [0.2, 0.25) is 0 Å². The molecule has 1 aromatic rings. The molecule has 0 aliphatic heterocycles. The minimum absolute atomic E-state index is 0.211. The Hall–Kier alpha value is -1.22. The molecule has 16 heavy (non-hydrogen) atoms. The lowest BCUT2D eigenvalue weighted by Crippen LogP contribution is -2.11. The first-order chi connectivity index (χ1) is 7.71. The minimum Gasteiger partial charge on any atom is -0.493 e. The Labute approximate surface area is 97.6 Å². The zero-order valence-corrected chi connectivity index (χ0v) is 10.3. The molecular weight excluding hydrogens is 202 g/mol. The molecule has 2 N–H and O–H groups in total. The Morgan fingerprint density at radius 1 is 1.31 bits per heavy atom. The van der Waals surface area contributed by atoms with Crippen molar-refractivity contribution in [3.63, 3.8) is 0 Å². The molecule has 0 fully saturated rings. The maximum absolute atomic E-state index is 5.81. The third-order valence-corrected chi connectivity index (χ3v) is 2.49. The summed E-state index contributed by atoms with van der Waals surface area (Å²) in [7, 11) is 1.65. The molecule has 1 unspecified atom stereocenters. The highest BCUT2D eigenvalue weighted by Gasteiger charge is 2.08. The number of ether oxygens (including phenoxy) is 2. The van der Waals surface area contributed by atoms with Crippen LogP contribution in [-0.2, 0) is 6.54 Å². The average molecular weight is 223 g/mol. The van der Waals surface area contributed by atoms with Crippen LogP contribution in [0.25, 0.3) is 0 Å². The number of hydrogen-bond acceptors (Lipinski definition) is 3. The summed E-state index contributed by atoms with van der Waals surface area (Å²) in [4.78, 5) is 0. The molecule has 0 aliphatic carbocycles. The number of nitrogens with two attached hydrogens (primary N) is 1. The molecule has 0 bridgehead atoms. The van der Waals surface area contributed by atoms with Crippen molar-refractivity contribution in [2.24, 2.45) is 5.73 Å². The van der Waals surface area contributed by atoms with Crippen molar-refractivity contribution in [3.8, 4) is 11.5 Å². The van der Waals surface area contributed by atoms with Gasteiger partial charge >= 0.3 is 0 Å². The summed E-state index contributed by atoms with van der Waals surface area (Å²) < 4.78 is 11.1. The van der Waals surface area contributed by atoms with Gasteiger partial charge in [0.25, 0.3) is 0 Å². The molecule has 1 atom stereocenters. The quantitative estimate of drug-likeness (QED) is 0.806. The van der Waals surface area contributed by atoms with Gasteiger partial charge in [-0.05, 0) is 31.0 Å². The molecular formula is C13H21NO2. The van der Waals surface area contributed by atoms with Crippen molar-refractivity contribution in [2.75, 3.05) is 7.11 Å². The molecule has 1 aromatic carbocycles. The lowest BCUT2D eigenvalue weighted by molar-refractivity contribution is 0.201. The summed E-state index contributed by atoms with van der Waals surface area (Å²) in [5.74, 6) is 1.55. The predicted molar refractivity (Wildman–Crippen MR) is 65.9 cm³/mol. The maximum Gasteiger partial charge on any atom is 0.161 e. The largest absolute Gasteiger partial charge is 0.493 e. The van der Waals surface area contributed by atoms with Crippen LogP contribution in [-0.4, -0.2) is 13.2 Å². The third-order valence-electron chi connectivity index (χ3n) is 2.49. The molecule has 0 amide bonds. The van der Waals surface area contributed by atoms with Gasteiger partial charge in [-0.25, -0.2) is 0 Å². The summed E-state index contributed by atoms with van der Waals surface area (Å²) in [5.41, 5.74) is 6.62. The maximum atomic E-state index is 5.81. The van der Waals surface area contributed by atoms with Gasteiger partial charge in [0.15, 0.2) is 11.5 Å². The summed E-state index contributed by atoms with van der Waals surface area (Å²) in [5, 5.41) is 0. The Morgan fingerprint density at radius 2 is 2.06 bits per heavy atom. The van der Waals surface area contributed by atoms with Crippen molar-refractivity contribution >= 4 is 0 Å². The first-order valence-corrected chi connectivity index (χ1v) is 5.74. The lowest BCUT2D eigenvalue weighted by Gasteiger charge is -2.16. The van der Waals surface area contributed by atoms with Crippen LogP contribution < -0.4 is 15.2 Å². The Morgan fingerprint density at radius 3 is 2.62 bits per heavy atom. The topological polar surface area (TPSA) is 44.5 Å². The van der Waals surface area contributed by atoms with Crippen LogP contribution in [0, 0.1) is 0 Å². The molecule has 0 saturated carbocycles. The van der Waals surface area contributed by atoms with Crippen LogP contribution in [0.5, 0.6) is 11.5 Å². The fourth-order valence-electron chi connectivity index (χ4n) is 1.62. The molecule has 0 aromatic heterocycles. The lowest BCUT2D eigenvalue weighted by atomic mass is 10.2. The zero-order valence-electron chi connectivity index (χ0n) is 10.3. The van der Waals surface area contributed by atoms with Crippen LogP contribution in [0.1, 0.15) is 32.3 Å². The van der Waals surface area contributed by atoms with E-state index in [1.165, 1.54) is 0 Å². The average Bonchev–Trinajstić information content (AvgIpc) is 2.30. The van der Waals surface area contributed by atoms with Crippen molar-refractivity contribution < 1.29 is 9.47 Å². The SMILES string of the molecule is CCCC(C)Oc1ccc(CN)cc1OC. The molecule has 0 radical (unpaired) electrons. The third kappa shape index (κ3) is 3.42. The minimum atomic E-state index is 0.211. The Balaban J connectivity index is 2.78. The number of benzene rings is 1. The van der Waals surface area contributed by atoms with Gasteiger partial charge < -0.3 is 15.2 Å². The van der Waals surface area contributed by atoms with Crippen molar-refractivity contribution in [1.82, 2.24) is 0 Å². The zero-order chi connectivity index (χ0) is 12.0. The van der Waals surface area contributed by atoms with E-state index in [1.54, 1.807) is 7.11 Å². The van der Waals surface area contributed by atoms with Crippen molar-refractivity contribution in [2.45, 2.75) is 39.3 Å². The van der Waals surface area contributed by atoms with E-state index in [4.69, 9.17) is 15.2 Å². The number of rotatable bonds is 6. The van der Waals surface area contributed by atoms with E-state index in [2.05, 4.69) is 13.8 Å². The monoisotopic (exact) mass is 223 g/mol. The molecule has 0 saturated heterocycles. The van der Waals surface area contributed by atoms with Crippen LogP contribution in [0.4, 0.5) is 0 Å². The molecule has 0 spiro atoms. The van der Waals surface area contributed by atoms with Crippen LogP contribution >= 0.6 is 0 Å². The highest BCUT2D eigenvalue weighted by Crippen LogP contribution is 2.29. The normalized spacial score (nSPS) is 12.2. The molecule has 0 aliphatic rings. The van der Waals surface area contributed by atoms with E-state index >= 15 is 0 Å². The van der Waals surface area contributed by atoms with E-state index < -0.39 is 0 Å². The highest BCUT2D eigenvalue weighted by molar-refractivity contribution is 5.43. The van der Waals surface area contributed by atoms with Crippen molar-refractivity contribution in [1.29, 1.82) is 0 Å². The van der Waals surface area contributed by atoms with E-state index in [1.807, 2.05) is 18.2 Å². The summed E-state index contributed by atoms with van der Waals surface area (Å²) in [6.07, 6.45) is 2.37. The van der Waals surface area contributed by atoms with E-state index in [9.17, 15) is 0 Å². The van der Waals surface area contributed by atoms with E-state index in [-0.39, 0.29) is 6.10 Å². The second-order valence-electron chi connectivity index (χ2n) is 3.91. The van der Waals surface area contributed by atoms with Crippen molar-refractivity contribution in [3.05, 3.63) is 23.8 Å². The first-order valence-electron chi connectivity index (χ1n) is 5.74. The van der Waals surface area contributed by atoms with Crippen LogP contribution in [0.3, 0.4) is 0 Å². The molecule has 3 heteroatoms. The van der Waals surface area contributed by atoms with Gasteiger partial charge in [-0.2, -0.15) is 0 Å². The fraction of sp³-hybridized carbons (Fsp3) is 0.538. The van der Waals surface area contributed by atoms with Gasteiger partial charge in [-0.3, -0.25) is 0 Å². The number of methoxy groups -OCH3 is 1. The second-order valence-corrected chi connectivity index (χ2v) is 3.91. The fourth-order valence-corrected chi connectivity index (χ4v) is 1.62. The van der Waals surface area contributed by atoms with Gasteiger partial charge in [-0.15, -0.1) is 0 Å². The van der Waals surface area contributed by atoms with E-state index in [0.29, 0.717) is 6.54 Å². The highest BCUT2D eigenvalue weighted by atomic mass is 16.5. The predicted octanol–water partition coefficient (Wildman–Crippen LogP) is 2.72. The Kier molecular flexibility index (Phi) is 5.12. The molecule has 0 heterocycles. The summed E-state index contributed by atoms with van der Waals surface area (Å²) in [6.45, 7) is 4.73. The molecule has 3 nitrogen and oxygen atoms in total. The molecule has 90 valence electrons. The van der Waals surface area contributed by atoms with Gasteiger partial charge in [0.1, 0.15) is 0 Å². The summed E-state index contributed by atoms with van der Waals surface area (Å²) >= 11 is 0. The standard InChI is InChI=1S/C13H21NO2/c1-4-5-10(2)16-12-7-6-11(9-14)8-13(12)15-3/h6-8,10H,4-5,9,14H2,1-3H3. The molecule has 1 rings (SSSR count). The first kappa shape index (κ1) is 12.8. The number of hydrogen-bond donors (Lipinski definition) is 1. The summed E-state index contributed by atoms with van der Waals surface area (Å²) in [6, 6.07) is 5.82. The van der Waals surface area contributed by atoms with Gasteiger partial charge in [0, 0.05) is 6.54 Å². The van der Waals surface area contributed by atoms with Crippen LogP contribution in [0.15, 0.2) is 18.2 Å². The van der Waals surface area contributed by atoms with E-state index in [0.717, 1.165) is 29.9 Å². The van der Waals surface area contributed by atoms with Crippen LogP contribution in [0.2, 0.25) is 0 Å². The Bertz CT molecular complexity index is 326. The van der Waals surface area contributed by atoms with Gasteiger partial charge in [-0.1, -0.05) is 19.4 Å². The smallest absolute Gasteiger partial charge is 0.161 e. The van der Waals surface area contributed by atoms with Gasteiger partial charge in [0.05, 0.1) is 13.2 Å². The second kappa shape index (κ2) is 6.38.